The van der Waals surface area contributed by atoms with E-state index in [1.54, 1.807) is 0 Å². The Morgan fingerprint density at radius 3 is 2.38 bits per heavy atom. The summed E-state index contributed by atoms with van der Waals surface area (Å²) in [4.78, 5) is 19.9. The predicted octanol–water partition coefficient (Wildman–Crippen LogP) is 0.792. The van der Waals surface area contributed by atoms with Crippen LogP contribution in [0.15, 0.2) is 0 Å². The average molecular weight is 295 g/mol. The Bertz CT molecular complexity index is 371. The molecule has 0 unspecified atom stereocenters. The largest absolute Gasteiger partial charge is 0.379 e. The molecule has 3 rings (SSSR count). The first kappa shape index (κ1) is 15.3. The maximum atomic E-state index is 12.9. The molecule has 3 aliphatic rings. The Labute approximate surface area is 128 Å². The number of hydrogen-bond donors (Lipinski definition) is 0. The molecule has 0 spiro atoms. The molecular formula is C16H29N3O2. The van der Waals surface area contributed by atoms with Crippen molar-refractivity contribution in [3.63, 3.8) is 0 Å². The zero-order valence-electron chi connectivity index (χ0n) is 13.5. The van der Waals surface area contributed by atoms with Crippen LogP contribution < -0.4 is 0 Å². The van der Waals surface area contributed by atoms with Crippen LogP contribution in [0.4, 0.5) is 0 Å². The van der Waals surface area contributed by atoms with Crippen molar-refractivity contribution in [3.8, 4) is 0 Å². The first-order valence-corrected chi connectivity index (χ1v) is 8.51. The highest BCUT2D eigenvalue weighted by Crippen LogP contribution is 2.29. The van der Waals surface area contributed by atoms with Crippen LogP contribution in [0, 0.1) is 0 Å². The summed E-state index contributed by atoms with van der Waals surface area (Å²) in [6.07, 6.45) is 4.86. The Hall–Kier alpha value is -0.650. The second-order valence-electron chi connectivity index (χ2n) is 6.76. The molecule has 0 N–H and O–H groups in total. The van der Waals surface area contributed by atoms with Gasteiger partial charge in [-0.05, 0) is 46.2 Å². The Kier molecular flexibility index (Phi) is 4.82. The van der Waals surface area contributed by atoms with E-state index in [0.717, 1.165) is 39.3 Å². The van der Waals surface area contributed by atoms with Crippen molar-refractivity contribution in [2.75, 3.05) is 46.4 Å². The van der Waals surface area contributed by atoms with Crippen molar-refractivity contribution in [2.45, 2.75) is 50.7 Å². The standard InChI is InChI=1S/C16H29N3O2/c1-13(18-9-11-21-12-10-18)16(20)19-8-4-6-15(19)14-5-3-7-17(14)2/h13-15H,3-12H2,1-2H3/t13-,14-,15+/m1/s1. The van der Waals surface area contributed by atoms with Gasteiger partial charge in [0.05, 0.1) is 19.3 Å². The molecule has 3 saturated heterocycles. The highest BCUT2D eigenvalue weighted by Gasteiger charge is 2.40. The number of morpholine rings is 1. The van der Waals surface area contributed by atoms with Crippen LogP contribution in [0.3, 0.4) is 0 Å². The summed E-state index contributed by atoms with van der Waals surface area (Å²) in [5, 5.41) is 0. The van der Waals surface area contributed by atoms with Crippen LogP contribution in [0.5, 0.6) is 0 Å². The molecule has 0 aromatic heterocycles. The van der Waals surface area contributed by atoms with Gasteiger partial charge in [0.15, 0.2) is 0 Å². The Morgan fingerprint density at radius 2 is 1.71 bits per heavy atom. The number of hydrogen-bond acceptors (Lipinski definition) is 4. The molecule has 5 heteroatoms. The van der Waals surface area contributed by atoms with E-state index in [4.69, 9.17) is 4.74 Å². The summed E-state index contributed by atoms with van der Waals surface area (Å²) >= 11 is 0. The summed E-state index contributed by atoms with van der Waals surface area (Å²) in [6, 6.07) is 1.02. The Balaban J connectivity index is 1.64. The number of likely N-dealkylation sites (N-methyl/N-ethyl adjacent to an activating group) is 1. The van der Waals surface area contributed by atoms with Gasteiger partial charge in [-0.25, -0.2) is 0 Å². The number of amides is 1. The van der Waals surface area contributed by atoms with E-state index < -0.39 is 0 Å². The van der Waals surface area contributed by atoms with E-state index in [0.29, 0.717) is 18.0 Å². The normalized spacial score (nSPS) is 33.5. The van der Waals surface area contributed by atoms with Crippen molar-refractivity contribution < 1.29 is 9.53 Å². The molecule has 120 valence electrons. The molecule has 0 bridgehead atoms. The molecule has 1 amide bonds. The second-order valence-corrected chi connectivity index (χ2v) is 6.76. The van der Waals surface area contributed by atoms with Crippen molar-refractivity contribution in [3.05, 3.63) is 0 Å². The zero-order chi connectivity index (χ0) is 14.8. The van der Waals surface area contributed by atoms with Gasteiger partial charge in [-0.1, -0.05) is 0 Å². The molecule has 21 heavy (non-hydrogen) atoms. The van der Waals surface area contributed by atoms with Crippen molar-refractivity contribution >= 4 is 5.91 Å². The zero-order valence-corrected chi connectivity index (χ0v) is 13.5. The molecule has 5 nitrogen and oxygen atoms in total. The van der Waals surface area contributed by atoms with Crippen LogP contribution in [0.2, 0.25) is 0 Å². The lowest BCUT2D eigenvalue weighted by Crippen LogP contribution is -2.54. The van der Waals surface area contributed by atoms with Crippen LogP contribution in [-0.2, 0) is 9.53 Å². The number of carbonyl (C=O) groups is 1. The van der Waals surface area contributed by atoms with Crippen LogP contribution >= 0.6 is 0 Å². The van der Waals surface area contributed by atoms with Gasteiger partial charge >= 0.3 is 0 Å². The van der Waals surface area contributed by atoms with E-state index >= 15 is 0 Å². The molecule has 3 fully saturated rings. The minimum Gasteiger partial charge on any atom is -0.379 e. The number of carbonyl (C=O) groups excluding carboxylic acids is 1. The highest BCUT2D eigenvalue weighted by atomic mass is 16.5. The Morgan fingerprint density at radius 1 is 1.05 bits per heavy atom. The first-order chi connectivity index (χ1) is 10.2. The van der Waals surface area contributed by atoms with E-state index in [1.807, 2.05) is 0 Å². The number of rotatable bonds is 3. The number of likely N-dealkylation sites (tertiary alicyclic amines) is 2. The van der Waals surface area contributed by atoms with Gasteiger partial charge in [-0.2, -0.15) is 0 Å². The SMILES string of the molecule is C[C@H](C(=O)N1CCC[C@H]1[C@H]1CCCN1C)N1CCOCC1. The number of ether oxygens (including phenoxy) is 1. The molecule has 0 radical (unpaired) electrons. The summed E-state index contributed by atoms with van der Waals surface area (Å²) in [5.74, 6) is 0.333. The first-order valence-electron chi connectivity index (χ1n) is 8.51. The fraction of sp³-hybridized carbons (Fsp3) is 0.938. The fourth-order valence-corrected chi connectivity index (χ4v) is 4.25. The van der Waals surface area contributed by atoms with Crippen molar-refractivity contribution in [2.24, 2.45) is 0 Å². The average Bonchev–Trinajstić information content (AvgIpc) is 3.14. The monoisotopic (exact) mass is 295 g/mol. The maximum Gasteiger partial charge on any atom is 0.239 e. The quantitative estimate of drug-likeness (QED) is 0.771. The van der Waals surface area contributed by atoms with Gasteiger partial charge < -0.3 is 14.5 Å². The maximum absolute atomic E-state index is 12.9. The molecular weight excluding hydrogens is 266 g/mol. The van der Waals surface area contributed by atoms with Crippen LogP contribution in [0.1, 0.15) is 32.6 Å². The molecule has 0 saturated carbocycles. The smallest absolute Gasteiger partial charge is 0.239 e. The second kappa shape index (κ2) is 6.63. The summed E-state index contributed by atoms with van der Waals surface area (Å²) in [7, 11) is 2.21. The van der Waals surface area contributed by atoms with Crippen LogP contribution in [-0.4, -0.2) is 85.2 Å². The van der Waals surface area contributed by atoms with Gasteiger partial charge in [0, 0.05) is 31.7 Å². The highest BCUT2D eigenvalue weighted by molar-refractivity contribution is 5.82. The summed E-state index contributed by atoms with van der Waals surface area (Å²) in [5.41, 5.74) is 0. The molecule has 0 aromatic carbocycles. The molecule has 3 aliphatic heterocycles. The van der Waals surface area contributed by atoms with E-state index in [9.17, 15) is 4.79 Å². The van der Waals surface area contributed by atoms with E-state index in [1.165, 1.54) is 25.8 Å². The van der Waals surface area contributed by atoms with Gasteiger partial charge in [-0.3, -0.25) is 9.69 Å². The van der Waals surface area contributed by atoms with E-state index in [2.05, 4.69) is 28.7 Å². The molecule has 0 aliphatic carbocycles. The lowest BCUT2D eigenvalue weighted by Gasteiger charge is -2.38. The third-order valence-corrected chi connectivity index (χ3v) is 5.55. The minimum atomic E-state index is 0.00112. The summed E-state index contributed by atoms with van der Waals surface area (Å²) < 4.78 is 5.40. The van der Waals surface area contributed by atoms with Crippen LogP contribution in [0.25, 0.3) is 0 Å². The van der Waals surface area contributed by atoms with Gasteiger partial charge in [0.1, 0.15) is 0 Å². The molecule has 3 atom stereocenters. The molecule has 3 heterocycles. The third-order valence-electron chi connectivity index (χ3n) is 5.55. The summed E-state index contributed by atoms with van der Waals surface area (Å²) in [6.45, 7) is 7.48. The lowest BCUT2D eigenvalue weighted by molar-refractivity contribution is -0.139. The topological polar surface area (TPSA) is 36.0 Å². The minimum absolute atomic E-state index is 0.00112. The van der Waals surface area contributed by atoms with E-state index in [-0.39, 0.29) is 6.04 Å². The lowest BCUT2D eigenvalue weighted by atomic mass is 10.0. The van der Waals surface area contributed by atoms with Gasteiger partial charge in [-0.15, -0.1) is 0 Å². The van der Waals surface area contributed by atoms with Gasteiger partial charge in [0.25, 0.3) is 0 Å². The van der Waals surface area contributed by atoms with Gasteiger partial charge in [0.2, 0.25) is 5.91 Å². The van der Waals surface area contributed by atoms with Crippen molar-refractivity contribution in [1.29, 1.82) is 0 Å². The molecule has 0 aromatic rings. The van der Waals surface area contributed by atoms with Crippen molar-refractivity contribution in [1.82, 2.24) is 14.7 Å². The number of nitrogens with zero attached hydrogens (tertiary/aromatic N) is 3. The fourth-order valence-electron chi connectivity index (χ4n) is 4.25. The predicted molar refractivity (Wildman–Crippen MR) is 82.2 cm³/mol. The third kappa shape index (κ3) is 3.10.